The maximum Gasteiger partial charge on any atom is 0.266 e. The molecular formula is C21H20ClN3O3. The van der Waals surface area contributed by atoms with Crippen LogP contribution in [0.5, 0.6) is 5.75 Å². The van der Waals surface area contributed by atoms with Crippen LogP contribution in [0.3, 0.4) is 0 Å². The topological polar surface area (TPSA) is 73.2 Å². The quantitative estimate of drug-likeness (QED) is 0.665. The van der Waals surface area contributed by atoms with Gasteiger partial charge in [-0.15, -0.1) is 0 Å². The second kappa shape index (κ2) is 9.19. The van der Waals surface area contributed by atoms with Crippen molar-refractivity contribution in [1.29, 1.82) is 0 Å². The number of nitrogens with one attached hydrogen (secondary N) is 1. The average molecular weight is 398 g/mol. The van der Waals surface area contributed by atoms with Gasteiger partial charge < -0.3 is 10.1 Å². The number of ether oxygens (including phenoxy) is 1. The van der Waals surface area contributed by atoms with Crippen LogP contribution < -0.4 is 15.6 Å². The second-order valence-electron chi connectivity index (χ2n) is 6.19. The molecule has 1 aromatic heterocycles. The van der Waals surface area contributed by atoms with Crippen molar-refractivity contribution in [3.63, 3.8) is 0 Å². The molecule has 0 saturated carbocycles. The summed E-state index contributed by atoms with van der Waals surface area (Å²) < 4.78 is 6.83. The van der Waals surface area contributed by atoms with Crippen LogP contribution in [0.15, 0.2) is 65.5 Å². The van der Waals surface area contributed by atoms with Crippen molar-refractivity contribution in [2.24, 2.45) is 0 Å². The van der Waals surface area contributed by atoms with E-state index >= 15 is 0 Å². The predicted octanol–water partition coefficient (Wildman–Crippen LogP) is 3.07. The number of hydrogen-bond donors (Lipinski definition) is 1. The van der Waals surface area contributed by atoms with Gasteiger partial charge in [0.2, 0.25) is 0 Å². The molecule has 0 bridgehead atoms. The van der Waals surface area contributed by atoms with E-state index < -0.39 is 0 Å². The van der Waals surface area contributed by atoms with Crippen LogP contribution >= 0.6 is 11.6 Å². The summed E-state index contributed by atoms with van der Waals surface area (Å²) in [5, 5.41) is 7.72. The Morgan fingerprint density at radius 3 is 2.61 bits per heavy atom. The number of nitrogens with zero attached hydrogens (tertiary/aromatic N) is 2. The number of halogens is 1. The Kier molecular flexibility index (Phi) is 6.45. The summed E-state index contributed by atoms with van der Waals surface area (Å²) in [4.78, 5) is 24.0. The Bertz CT molecular complexity index is 1020. The molecule has 0 spiro atoms. The Labute approximate surface area is 167 Å². The monoisotopic (exact) mass is 397 g/mol. The molecule has 0 saturated heterocycles. The molecule has 1 heterocycles. The molecule has 28 heavy (non-hydrogen) atoms. The Morgan fingerprint density at radius 1 is 1.11 bits per heavy atom. The van der Waals surface area contributed by atoms with Crippen LogP contribution in [0.1, 0.15) is 5.56 Å². The lowest BCUT2D eigenvalue weighted by molar-refractivity contribution is -0.123. The number of rotatable bonds is 7. The fourth-order valence-corrected chi connectivity index (χ4v) is 2.72. The molecule has 7 heteroatoms. The zero-order valence-corrected chi connectivity index (χ0v) is 16.1. The number of para-hydroxylation sites is 1. The van der Waals surface area contributed by atoms with Gasteiger partial charge in [-0.1, -0.05) is 41.9 Å². The molecule has 1 amide bonds. The smallest absolute Gasteiger partial charge is 0.266 e. The number of benzene rings is 2. The molecule has 3 aromatic rings. The van der Waals surface area contributed by atoms with E-state index in [-0.39, 0.29) is 31.2 Å². The van der Waals surface area contributed by atoms with Crippen molar-refractivity contribution in [3.05, 3.63) is 81.6 Å². The number of hydrogen-bond acceptors (Lipinski definition) is 4. The van der Waals surface area contributed by atoms with Gasteiger partial charge in [0.05, 0.1) is 12.2 Å². The number of amides is 1. The number of aromatic nitrogens is 2. The van der Waals surface area contributed by atoms with Gasteiger partial charge in [0.1, 0.15) is 5.75 Å². The zero-order chi connectivity index (χ0) is 19.9. The van der Waals surface area contributed by atoms with Crippen LogP contribution in [0.25, 0.3) is 11.3 Å². The predicted molar refractivity (Wildman–Crippen MR) is 109 cm³/mol. The molecule has 2 aromatic carbocycles. The van der Waals surface area contributed by atoms with Crippen LogP contribution in [0, 0.1) is 6.92 Å². The standard InChI is InChI=1S/C21H20ClN3O3/c1-15-4-2-3-5-19(15)28-14-20(26)23-12-13-25-21(27)11-10-18(24-25)16-6-8-17(22)9-7-16/h2-11H,12-14H2,1H3,(H,23,26). The molecule has 6 nitrogen and oxygen atoms in total. The molecule has 0 unspecified atom stereocenters. The highest BCUT2D eigenvalue weighted by atomic mass is 35.5. The van der Waals surface area contributed by atoms with E-state index in [0.29, 0.717) is 16.5 Å². The minimum absolute atomic E-state index is 0.0853. The first kappa shape index (κ1) is 19.6. The fraction of sp³-hybridized carbons (Fsp3) is 0.190. The third-order valence-corrected chi connectivity index (χ3v) is 4.36. The third kappa shape index (κ3) is 5.20. The van der Waals surface area contributed by atoms with Crippen molar-refractivity contribution in [2.45, 2.75) is 13.5 Å². The number of carbonyl (C=O) groups excluding carboxylic acids is 1. The number of carbonyl (C=O) groups is 1. The van der Waals surface area contributed by atoms with E-state index in [1.165, 1.54) is 10.7 Å². The van der Waals surface area contributed by atoms with Crippen molar-refractivity contribution < 1.29 is 9.53 Å². The third-order valence-electron chi connectivity index (χ3n) is 4.10. The van der Waals surface area contributed by atoms with Crippen LogP contribution in [0.4, 0.5) is 0 Å². The van der Waals surface area contributed by atoms with E-state index in [0.717, 1.165) is 11.1 Å². The van der Waals surface area contributed by atoms with Gasteiger partial charge in [0.15, 0.2) is 6.61 Å². The van der Waals surface area contributed by atoms with Crippen molar-refractivity contribution in [1.82, 2.24) is 15.1 Å². The molecule has 0 aliphatic carbocycles. The second-order valence-corrected chi connectivity index (χ2v) is 6.63. The van der Waals surface area contributed by atoms with E-state index in [9.17, 15) is 9.59 Å². The molecule has 0 radical (unpaired) electrons. The minimum atomic E-state index is -0.259. The average Bonchev–Trinajstić information content (AvgIpc) is 2.69. The number of aryl methyl sites for hydroxylation is 1. The summed E-state index contributed by atoms with van der Waals surface area (Å²) in [6, 6.07) is 17.8. The van der Waals surface area contributed by atoms with E-state index in [4.69, 9.17) is 16.3 Å². The highest BCUT2D eigenvalue weighted by Crippen LogP contribution is 2.18. The Balaban J connectivity index is 1.55. The van der Waals surface area contributed by atoms with Crippen molar-refractivity contribution in [3.8, 4) is 17.0 Å². The fourth-order valence-electron chi connectivity index (χ4n) is 2.60. The highest BCUT2D eigenvalue weighted by molar-refractivity contribution is 6.30. The first-order chi connectivity index (χ1) is 13.5. The molecule has 0 fully saturated rings. The van der Waals surface area contributed by atoms with Gasteiger partial charge in [-0.2, -0.15) is 5.10 Å². The lowest BCUT2D eigenvalue weighted by atomic mass is 10.1. The largest absolute Gasteiger partial charge is 0.484 e. The van der Waals surface area contributed by atoms with Crippen LogP contribution in [-0.2, 0) is 11.3 Å². The van der Waals surface area contributed by atoms with Gasteiger partial charge in [-0.3, -0.25) is 9.59 Å². The summed E-state index contributed by atoms with van der Waals surface area (Å²) in [5.41, 5.74) is 2.24. The first-order valence-corrected chi connectivity index (χ1v) is 9.20. The molecule has 0 aliphatic heterocycles. The summed E-state index contributed by atoms with van der Waals surface area (Å²) in [6.07, 6.45) is 0. The van der Waals surface area contributed by atoms with Crippen LogP contribution in [0.2, 0.25) is 5.02 Å². The lowest BCUT2D eigenvalue weighted by Gasteiger charge is -2.10. The SMILES string of the molecule is Cc1ccccc1OCC(=O)NCCn1nc(-c2ccc(Cl)cc2)ccc1=O. The molecule has 144 valence electrons. The molecule has 3 rings (SSSR count). The van der Waals surface area contributed by atoms with Crippen molar-refractivity contribution >= 4 is 17.5 Å². The van der Waals surface area contributed by atoms with E-state index in [1.54, 1.807) is 18.2 Å². The maximum atomic E-state index is 12.0. The van der Waals surface area contributed by atoms with Crippen LogP contribution in [-0.4, -0.2) is 28.8 Å². The van der Waals surface area contributed by atoms with Gasteiger partial charge in [-0.25, -0.2) is 4.68 Å². The Morgan fingerprint density at radius 2 is 1.86 bits per heavy atom. The van der Waals surface area contributed by atoms with Crippen molar-refractivity contribution in [2.75, 3.05) is 13.2 Å². The summed E-state index contributed by atoms with van der Waals surface area (Å²) >= 11 is 5.90. The first-order valence-electron chi connectivity index (χ1n) is 8.82. The highest BCUT2D eigenvalue weighted by Gasteiger charge is 2.06. The maximum absolute atomic E-state index is 12.0. The van der Waals surface area contributed by atoms with Gasteiger partial charge in [-0.05, 0) is 36.8 Å². The van der Waals surface area contributed by atoms with E-state index in [1.807, 2.05) is 43.3 Å². The molecule has 0 atom stereocenters. The molecular weight excluding hydrogens is 378 g/mol. The van der Waals surface area contributed by atoms with Gasteiger partial charge in [0.25, 0.3) is 11.5 Å². The minimum Gasteiger partial charge on any atom is -0.484 e. The van der Waals surface area contributed by atoms with Gasteiger partial charge in [0, 0.05) is 23.2 Å². The summed E-state index contributed by atoms with van der Waals surface area (Å²) in [6.45, 7) is 2.36. The van der Waals surface area contributed by atoms with E-state index in [2.05, 4.69) is 10.4 Å². The summed E-state index contributed by atoms with van der Waals surface area (Å²) in [5.74, 6) is 0.413. The normalized spacial score (nSPS) is 10.5. The Hall–Kier alpha value is -3.12. The molecule has 0 aliphatic rings. The lowest BCUT2D eigenvalue weighted by Crippen LogP contribution is -2.34. The zero-order valence-electron chi connectivity index (χ0n) is 15.4. The summed E-state index contributed by atoms with van der Waals surface area (Å²) in [7, 11) is 0. The van der Waals surface area contributed by atoms with Gasteiger partial charge >= 0.3 is 0 Å². The molecule has 1 N–H and O–H groups in total.